The fourth-order valence-electron chi connectivity index (χ4n) is 5.87. The van der Waals surface area contributed by atoms with E-state index in [4.69, 9.17) is 11.6 Å². The summed E-state index contributed by atoms with van der Waals surface area (Å²) in [7, 11) is 0. The van der Waals surface area contributed by atoms with Crippen LogP contribution in [-0.2, 0) is 21.5 Å². The Morgan fingerprint density at radius 1 is 1.18 bits per heavy atom. The summed E-state index contributed by atoms with van der Waals surface area (Å²) in [6, 6.07) is 5.54. The second-order valence-electron chi connectivity index (χ2n) is 8.80. The van der Waals surface area contributed by atoms with Crippen molar-refractivity contribution in [3.63, 3.8) is 0 Å². The molecule has 4 aliphatic rings. The van der Waals surface area contributed by atoms with Gasteiger partial charge >= 0.3 is 6.03 Å². The highest BCUT2D eigenvalue weighted by Crippen LogP contribution is 2.50. The van der Waals surface area contributed by atoms with Gasteiger partial charge in [-0.15, -0.1) is 0 Å². The average Bonchev–Trinajstić information content (AvgIpc) is 3.33. The normalized spacial score (nSPS) is 34.1. The molecule has 1 aromatic rings. The quantitative estimate of drug-likeness (QED) is 0.680. The summed E-state index contributed by atoms with van der Waals surface area (Å²) in [5.41, 5.74) is 1.07. The van der Waals surface area contributed by atoms with Crippen LogP contribution in [0.1, 0.15) is 56.1 Å². The second kappa shape index (κ2) is 6.21. The third kappa shape index (κ3) is 2.50. The molecule has 1 aromatic carbocycles. The van der Waals surface area contributed by atoms with Gasteiger partial charge in [0.25, 0.3) is 5.91 Å². The minimum Gasteiger partial charge on any atom is -0.346 e. The number of amides is 4. The van der Waals surface area contributed by atoms with Gasteiger partial charge in [0.1, 0.15) is 5.54 Å². The maximum absolute atomic E-state index is 13.2. The van der Waals surface area contributed by atoms with Crippen molar-refractivity contribution < 1.29 is 14.4 Å². The number of urea groups is 1. The minimum absolute atomic E-state index is 0.0145. The van der Waals surface area contributed by atoms with Crippen molar-refractivity contribution in [1.82, 2.24) is 16.0 Å². The number of benzene rings is 1. The summed E-state index contributed by atoms with van der Waals surface area (Å²) in [6.45, 7) is 0. The molecule has 6 nitrogen and oxygen atoms in total. The van der Waals surface area contributed by atoms with E-state index in [1.165, 1.54) is 18.4 Å². The first-order chi connectivity index (χ1) is 13.4. The first-order valence-corrected chi connectivity index (χ1v) is 10.5. The van der Waals surface area contributed by atoms with Crippen LogP contribution in [-0.4, -0.2) is 23.4 Å². The summed E-state index contributed by atoms with van der Waals surface area (Å²) >= 11 is 6.46. The van der Waals surface area contributed by atoms with Crippen LogP contribution in [0, 0.1) is 11.8 Å². The van der Waals surface area contributed by atoms with Crippen LogP contribution in [0.2, 0.25) is 5.02 Å². The Kier molecular flexibility index (Phi) is 3.99. The maximum Gasteiger partial charge on any atom is 0.322 e. The van der Waals surface area contributed by atoms with Crippen molar-refractivity contribution in [1.29, 1.82) is 0 Å². The Hall–Kier alpha value is -2.08. The van der Waals surface area contributed by atoms with Gasteiger partial charge < -0.3 is 10.6 Å². The standard InChI is InChI=1S/C21H24ClN3O3/c22-16-7-3-6-15-14(16)8-9-21(15,13-4-1-2-5-13)24-17(26)12-10-20(11-12)18(27)23-19(28)25-20/h3,6-7,12-13H,1-2,4-5,8-11H2,(H,24,26)(H2,23,25,27,28)/t12-,20-,21?. The predicted molar refractivity (Wildman–Crippen MR) is 104 cm³/mol. The number of carbonyl (C=O) groups excluding carboxylic acids is 3. The van der Waals surface area contributed by atoms with E-state index in [0.29, 0.717) is 18.8 Å². The summed E-state index contributed by atoms with van der Waals surface area (Å²) in [5.74, 6) is -0.172. The third-order valence-electron chi connectivity index (χ3n) is 7.34. The zero-order valence-electron chi connectivity index (χ0n) is 15.6. The summed E-state index contributed by atoms with van der Waals surface area (Å²) in [6.07, 6.45) is 7.07. The fraction of sp³-hybridized carbons (Fsp3) is 0.571. The molecule has 5 rings (SSSR count). The monoisotopic (exact) mass is 401 g/mol. The number of fused-ring (bicyclic) bond motifs is 1. The molecule has 1 atom stereocenters. The van der Waals surface area contributed by atoms with Gasteiger partial charge in [0.2, 0.25) is 5.91 Å². The fourth-order valence-corrected chi connectivity index (χ4v) is 6.14. The highest BCUT2D eigenvalue weighted by Gasteiger charge is 2.58. The maximum atomic E-state index is 13.2. The SMILES string of the molecule is O=C1NC(=O)[C@]2(C[C@@H](C(=O)NC3(C4CCCC4)CCc4c(Cl)cccc43)C2)N1. The molecule has 3 aliphatic carbocycles. The summed E-state index contributed by atoms with van der Waals surface area (Å²) in [4.78, 5) is 36.7. The molecule has 0 radical (unpaired) electrons. The lowest BCUT2D eigenvalue weighted by Gasteiger charge is -2.44. The molecular formula is C21H24ClN3O3. The Morgan fingerprint density at radius 2 is 1.93 bits per heavy atom. The van der Waals surface area contributed by atoms with Crippen molar-refractivity contribution in [2.45, 2.75) is 62.4 Å². The second-order valence-corrected chi connectivity index (χ2v) is 9.21. The van der Waals surface area contributed by atoms with Gasteiger partial charge in [-0.3, -0.25) is 14.9 Å². The van der Waals surface area contributed by atoms with E-state index in [1.807, 2.05) is 12.1 Å². The zero-order valence-corrected chi connectivity index (χ0v) is 16.4. The van der Waals surface area contributed by atoms with E-state index in [9.17, 15) is 14.4 Å². The van der Waals surface area contributed by atoms with Gasteiger partial charge in [-0.1, -0.05) is 36.6 Å². The van der Waals surface area contributed by atoms with Crippen LogP contribution in [0.3, 0.4) is 0 Å². The van der Waals surface area contributed by atoms with Gasteiger partial charge in [-0.2, -0.15) is 0 Å². The Labute approximate surface area is 168 Å². The molecule has 1 spiro atoms. The third-order valence-corrected chi connectivity index (χ3v) is 7.70. The van der Waals surface area contributed by atoms with Crippen LogP contribution in [0.15, 0.2) is 18.2 Å². The number of hydrogen-bond acceptors (Lipinski definition) is 3. The number of halogens is 1. The Bertz CT molecular complexity index is 874. The summed E-state index contributed by atoms with van der Waals surface area (Å²) in [5, 5.41) is 9.15. The molecular weight excluding hydrogens is 378 g/mol. The van der Waals surface area contributed by atoms with Gasteiger partial charge in [0, 0.05) is 10.9 Å². The first kappa shape index (κ1) is 18.0. The molecule has 1 heterocycles. The molecule has 1 saturated heterocycles. The van der Waals surface area contributed by atoms with E-state index >= 15 is 0 Å². The molecule has 7 heteroatoms. The van der Waals surface area contributed by atoms with Crippen LogP contribution in [0.25, 0.3) is 0 Å². The Morgan fingerprint density at radius 3 is 2.61 bits per heavy atom. The van der Waals surface area contributed by atoms with Crippen LogP contribution in [0.4, 0.5) is 4.79 Å². The minimum atomic E-state index is -0.892. The number of nitrogens with one attached hydrogen (secondary N) is 3. The molecule has 0 bridgehead atoms. The first-order valence-electron chi connectivity index (χ1n) is 10.2. The van der Waals surface area contributed by atoms with Crippen LogP contribution in [0.5, 0.6) is 0 Å². The van der Waals surface area contributed by atoms with E-state index in [1.54, 1.807) is 0 Å². The molecule has 1 aliphatic heterocycles. The van der Waals surface area contributed by atoms with Crippen molar-refractivity contribution in [2.75, 3.05) is 0 Å². The molecule has 1 unspecified atom stereocenters. The highest BCUT2D eigenvalue weighted by molar-refractivity contribution is 6.31. The predicted octanol–water partition coefficient (Wildman–Crippen LogP) is 2.78. The molecule has 3 fully saturated rings. The van der Waals surface area contributed by atoms with E-state index in [-0.39, 0.29) is 23.3 Å². The summed E-state index contributed by atoms with van der Waals surface area (Å²) < 4.78 is 0. The topological polar surface area (TPSA) is 87.3 Å². The van der Waals surface area contributed by atoms with Crippen LogP contribution >= 0.6 is 11.6 Å². The van der Waals surface area contributed by atoms with Crippen molar-refractivity contribution in [3.05, 3.63) is 34.3 Å². The number of rotatable bonds is 3. The lowest BCUT2D eigenvalue weighted by atomic mass is 9.67. The van der Waals surface area contributed by atoms with Crippen molar-refractivity contribution in [3.8, 4) is 0 Å². The average molecular weight is 402 g/mol. The molecule has 2 saturated carbocycles. The van der Waals surface area contributed by atoms with E-state index in [2.05, 4.69) is 22.0 Å². The number of hydrogen-bond donors (Lipinski definition) is 3. The zero-order chi connectivity index (χ0) is 19.5. The highest BCUT2D eigenvalue weighted by atomic mass is 35.5. The van der Waals surface area contributed by atoms with Gasteiger partial charge in [0.15, 0.2) is 0 Å². The largest absolute Gasteiger partial charge is 0.346 e. The molecule has 3 N–H and O–H groups in total. The lowest BCUT2D eigenvalue weighted by molar-refractivity contribution is -0.138. The van der Waals surface area contributed by atoms with Crippen LogP contribution < -0.4 is 16.0 Å². The molecule has 0 aromatic heterocycles. The van der Waals surface area contributed by atoms with E-state index in [0.717, 1.165) is 36.3 Å². The van der Waals surface area contributed by atoms with E-state index < -0.39 is 11.6 Å². The van der Waals surface area contributed by atoms with Gasteiger partial charge in [0.05, 0.1) is 5.54 Å². The molecule has 28 heavy (non-hydrogen) atoms. The van der Waals surface area contributed by atoms with Crippen molar-refractivity contribution >= 4 is 29.4 Å². The molecule has 148 valence electrons. The van der Waals surface area contributed by atoms with Crippen molar-refractivity contribution in [2.24, 2.45) is 11.8 Å². The lowest BCUT2D eigenvalue weighted by Crippen LogP contribution is -2.62. The smallest absolute Gasteiger partial charge is 0.322 e. The number of carbonyl (C=O) groups is 3. The number of imide groups is 1. The Balaban J connectivity index is 1.39. The van der Waals surface area contributed by atoms with Gasteiger partial charge in [-0.05, 0) is 61.6 Å². The van der Waals surface area contributed by atoms with Gasteiger partial charge in [-0.25, -0.2) is 4.79 Å². The molecule has 4 amide bonds.